The van der Waals surface area contributed by atoms with Gasteiger partial charge in [0.1, 0.15) is 11.8 Å². The zero-order chi connectivity index (χ0) is 15.7. The van der Waals surface area contributed by atoms with Crippen LogP contribution in [0, 0.1) is 0 Å². The first-order valence-corrected chi connectivity index (χ1v) is 6.75. The van der Waals surface area contributed by atoms with Crippen molar-refractivity contribution in [1.82, 2.24) is 10.6 Å². The Balaban J connectivity index is 2.39. The van der Waals surface area contributed by atoms with Crippen LogP contribution in [-0.2, 0) is 20.7 Å². The number of carbonyl (C=O) groups excluding carboxylic acids is 2. The topological polar surface area (TPSA) is 76.7 Å². The van der Waals surface area contributed by atoms with Gasteiger partial charge in [-0.25, -0.2) is 4.79 Å². The van der Waals surface area contributed by atoms with Crippen molar-refractivity contribution in [3.63, 3.8) is 0 Å². The van der Waals surface area contributed by atoms with E-state index in [1.165, 1.54) is 14.0 Å². The summed E-state index contributed by atoms with van der Waals surface area (Å²) in [6, 6.07) is 7.13. The first-order chi connectivity index (χ1) is 10.1. The second-order valence-corrected chi connectivity index (χ2v) is 4.58. The maximum absolute atomic E-state index is 11.5. The summed E-state index contributed by atoms with van der Waals surface area (Å²) in [5.41, 5.74) is 1.14. The van der Waals surface area contributed by atoms with E-state index in [1.807, 2.05) is 24.3 Å². The van der Waals surface area contributed by atoms with Crippen molar-refractivity contribution in [2.24, 2.45) is 0 Å². The fourth-order valence-electron chi connectivity index (χ4n) is 1.89. The second-order valence-electron chi connectivity index (χ2n) is 4.58. The van der Waals surface area contributed by atoms with Gasteiger partial charge >= 0.3 is 5.97 Å². The molecule has 0 radical (unpaired) electrons. The quantitative estimate of drug-likeness (QED) is 0.539. The molecular weight excluding hydrogens is 272 g/mol. The van der Waals surface area contributed by atoms with Gasteiger partial charge in [-0.3, -0.25) is 4.79 Å². The van der Waals surface area contributed by atoms with E-state index >= 15 is 0 Å². The molecule has 1 aromatic carbocycles. The van der Waals surface area contributed by atoms with E-state index < -0.39 is 12.0 Å². The monoisotopic (exact) mass is 294 g/mol. The fourth-order valence-corrected chi connectivity index (χ4v) is 1.89. The molecule has 0 bridgehead atoms. The summed E-state index contributed by atoms with van der Waals surface area (Å²) < 4.78 is 9.81. The molecule has 0 aromatic heterocycles. The minimum atomic E-state index is -0.669. The van der Waals surface area contributed by atoms with Crippen molar-refractivity contribution in [2.45, 2.75) is 19.4 Å². The molecule has 1 aromatic rings. The minimum absolute atomic E-state index is 0.264. The summed E-state index contributed by atoms with van der Waals surface area (Å²) in [7, 11) is 2.93. The lowest BCUT2D eigenvalue weighted by Crippen LogP contribution is -2.47. The van der Waals surface area contributed by atoms with Crippen molar-refractivity contribution in [3.8, 4) is 5.75 Å². The van der Waals surface area contributed by atoms with E-state index in [4.69, 9.17) is 4.74 Å². The number of nitrogens with one attached hydrogen (secondary N) is 2. The molecule has 1 rings (SSSR count). The minimum Gasteiger partial charge on any atom is -0.497 e. The van der Waals surface area contributed by atoms with Crippen LogP contribution in [0.25, 0.3) is 0 Å². The largest absolute Gasteiger partial charge is 0.497 e. The number of methoxy groups -OCH3 is 2. The smallest absolute Gasteiger partial charge is 0.329 e. The Hall–Kier alpha value is -2.08. The number of hydrogen-bond acceptors (Lipinski definition) is 5. The summed E-state index contributed by atoms with van der Waals surface area (Å²) in [6.45, 7) is 2.38. The summed E-state index contributed by atoms with van der Waals surface area (Å²) >= 11 is 0. The highest BCUT2D eigenvalue weighted by molar-refractivity contribution is 5.83. The maximum atomic E-state index is 11.5. The Kier molecular flexibility index (Phi) is 7.25. The summed E-state index contributed by atoms with van der Waals surface area (Å²) in [5.74, 6) is 0.0947. The van der Waals surface area contributed by atoms with Gasteiger partial charge in [-0.15, -0.1) is 0 Å². The zero-order valence-electron chi connectivity index (χ0n) is 12.6. The Bertz CT molecular complexity index is 476. The number of carbonyl (C=O) groups is 2. The van der Waals surface area contributed by atoms with E-state index in [0.29, 0.717) is 13.1 Å². The molecule has 2 N–H and O–H groups in total. The highest BCUT2D eigenvalue weighted by atomic mass is 16.5. The van der Waals surface area contributed by atoms with Gasteiger partial charge < -0.3 is 20.1 Å². The molecule has 6 nitrogen and oxygen atoms in total. The summed E-state index contributed by atoms with van der Waals surface area (Å²) in [5, 5.41) is 5.69. The predicted molar refractivity (Wildman–Crippen MR) is 79.2 cm³/mol. The van der Waals surface area contributed by atoms with Gasteiger partial charge in [-0.2, -0.15) is 0 Å². The molecule has 1 unspecified atom stereocenters. The first-order valence-electron chi connectivity index (χ1n) is 6.75. The lowest BCUT2D eigenvalue weighted by atomic mass is 10.1. The molecular formula is C15H22N2O4. The van der Waals surface area contributed by atoms with Crippen LogP contribution in [0.5, 0.6) is 5.75 Å². The van der Waals surface area contributed by atoms with E-state index in [1.54, 1.807) is 7.11 Å². The molecule has 0 aliphatic rings. The highest BCUT2D eigenvalue weighted by Gasteiger charge is 2.19. The molecule has 0 aliphatic carbocycles. The Morgan fingerprint density at radius 2 is 2.05 bits per heavy atom. The van der Waals surface area contributed by atoms with E-state index in [9.17, 15) is 9.59 Å². The Morgan fingerprint density at radius 3 is 2.67 bits per heavy atom. The molecule has 0 heterocycles. The Morgan fingerprint density at radius 1 is 1.29 bits per heavy atom. The van der Waals surface area contributed by atoms with Gasteiger partial charge in [0, 0.05) is 13.5 Å². The van der Waals surface area contributed by atoms with Crippen LogP contribution in [0.4, 0.5) is 0 Å². The van der Waals surface area contributed by atoms with Crippen LogP contribution in [0.3, 0.4) is 0 Å². The lowest BCUT2D eigenvalue weighted by molar-refractivity contribution is -0.144. The van der Waals surface area contributed by atoms with Gasteiger partial charge in [-0.1, -0.05) is 12.1 Å². The third kappa shape index (κ3) is 6.27. The van der Waals surface area contributed by atoms with E-state index in [2.05, 4.69) is 15.4 Å². The highest BCUT2D eigenvalue weighted by Crippen LogP contribution is 2.12. The van der Waals surface area contributed by atoms with Crippen LogP contribution < -0.4 is 15.4 Å². The second kappa shape index (κ2) is 8.97. The average molecular weight is 294 g/mol. The van der Waals surface area contributed by atoms with Gasteiger partial charge in [0.15, 0.2) is 0 Å². The molecule has 0 aliphatic heterocycles. The van der Waals surface area contributed by atoms with Crippen LogP contribution in [0.1, 0.15) is 12.5 Å². The number of amides is 1. The third-order valence-corrected chi connectivity index (χ3v) is 2.94. The number of ether oxygens (including phenoxy) is 2. The van der Waals surface area contributed by atoms with E-state index in [-0.39, 0.29) is 5.91 Å². The normalized spacial score (nSPS) is 11.6. The van der Waals surface area contributed by atoms with Gasteiger partial charge in [0.25, 0.3) is 0 Å². The Labute approximate surface area is 124 Å². The molecule has 0 saturated heterocycles. The third-order valence-electron chi connectivity index (χ3n) is 2.94. The van der Waals surface area contributed by atoms with E-state index in [0.717, 1.165) is 17.7 Å². The van der Waals surface area contributed by atoms with Gasteiger partial charge in [0.2, 0.25) is 5.91 Å². The number of rotatable bonds is 8. The van der Waals surface area contributed by atoms with Crippen molar-refractivity contribution >= 4 is 11.9 Å². The number of hydrogen-bond donors (Lipinski definition) is 2. The molecule has 6 heteroatoms. The summed E-state index contributed by atoms with van der Waals surface area (Å²) in [4.78, 5) is 22.5. The van der Waals surface area contributed by atoms with Crippen molar-refractivity contribution in [3.05, 3.63) is 29.8 Å². The predicted octanol–water partition coefficient (Wildman–Crippen LogP) is 0.505. The molecule has 0 spiro atoms. The average Bonchev–Trinajstić information content (AvgIpc) is 2.49. The molecule has 21 heavy (non-hydrogen) atoms. The maximum Gasteiger partial charge on any atom is 0.329 e. The fraction of sp³-hybridized carbons (Fsp3) is 0.467. The van der Waals surface area contributed by atoms with Crippen molar-refractivity contribution < 1.29 is 19.1 Å². The lowest BCUT2D eigenvalue weighted by Gasteiger charge is -2.16. The standard InChI is InChI=1S/C15H22N2O4/c1-11(18)17-14(15(19)21-3)10-16-8-7-12-5-4-6-13(9-12)20-2/h4-6,9,14,16H,7-8,10H2,1-3H3,(H,17,18). The molecule has 0 fully saturated rings. The molecule has 116 valence electrons. The molecule has 1 amide bonds. The summed E-state index contributed by atoms with van der Waals surface area (Å²) in [6.07, 6.45) is 0.797. The van der Waals surface area contributed by atoms with Crippen LogP contribution in [-0.4, -0.2) is 45.2 Å². The first kappa shape index (κ1) is 17.0. The number of benzene rings is 1. The van der Waals surface area contributed by atoms with Crippen LogP contribution in [0.15, 0.2) is 24.3 Å². The van der Waals surface area contributed by atoms with Gasteiger partial charge in [0.05, 0.1) is 14.2 Å². The molecule has 0 saturated carbocycles. The van der Waals surface area contributed by atoms with Crippen LogP contribution in [0.2, 0.25) is 0 Å². The molecule has 1 atom stereocenters. The SMILES string of the molecule is COC(=O)C(CNCCc1cccc(OC)c1)NC(C)=O. The van der Waals surface area contributed by atoms with Crippen molar-refractivity contribution in [1.29, 1.82) is 0 Å². The van der Waals surface area contributed by atoms with Crippen LogP contribution >= 0.6 is 0 Å². The van der Waals surface area contributed by atoms with Gasteiger partial charge in [-0.05, 0) is 30.7 Å². The van der Waals surface area contributed by atoms with Crippen molar-refractivity contribution in [2.75, 3.05) is 27.3 Å². The zero-order valence-corrected chi connectivity index (χ0v) is 12.6. The number of esters is 1.